The number of amides is 1. The number of carbonyl (C=O) groups is 2. The van der Waals surface area contributed by atoms with E-state index in [-0.39, 0.29) is 18.8 Å². The maximum Gasteiger partial charge on any atom is 0.411 e. The van der Waals surface area contributed by atoms with Crippen molar-refractivity contribution < 1.29 is 24.2 Å². The first-order valence-electron chi connectivity index (χ1n) is 5.65. The Labute approximate surface area is 99.5 Å². The van der Waals surface area contributed by atoms with E-state index in [0.717, 1.165) is 0 Å². The highest BCUT2D eigenvalue weighted by molar-refractivity contribution is 5.81. The number of nitrogens with zero attached hydrogens (tertiary/aromatic N) is 1. The second-order valence-corrected chi connectivity index (χ2v) is 5.42. The van der Waals surface area contributed by atoms with Gasteiger partial charge in [-0.05, 0) is 27.2 Å². The Morgan fingerprint density at radius 3 is 2.59 bits per heavy atom. The molecule has 0 aromatic carbocycles. The molecule has 1 aliphatic heterocycles. The summed E-state index contributed by atoms with van der Waals surface area (Å²) in [6.45, 7) is 5.30. The van der Waals surface area contributed by atoms with Crippen LogP contribution in [0.4, 0.5) is 4.79 Å². The maximum absolute atomic E-state index is 12.0. The number of fused-ring (bicyclic) bond motifs is 1. The van der Waals surface area contributed by atoms with Crippen LogP contribution in [-0.4, -0.2) is 52.5 Å². The molecule has 0 aromatic rings. The van der Waals surface area contributed by atoms with Crippen LogP contribution >= 0.6 is 0 Å². The summed E-state index contributed by atoms with van der Waals surface area (Å²) in [7, 11) is 0. The molecule has 1 heterocycles. The summed E-state index contributed by atoms with van der Waals surface area (Å²) < 4.78 is 10.5. The second kappa shape index (κ2) is 3.87. The Hall–Kier alpha value is -1.30. The summed E-state index contributed by atoms with van der Waals surface area (Å²) in [4.78, 5) is 24.3. The van der Waals surface area contributed by atoms with Crippen LogP contribution in [0, 0.1) is 0 Å². The van der Waals surface area contributed by atoms with E-state index in [1.54, 1.807) is 20.8 Å². The number of carbonyl (C=O) groups excluding carboxylic acids is 1. The van der Waals surface area contributed by atoms with Gasteiger partial charge in [0.25, 0.3) is 0 Å². The molecule has 1 saturated carbocycles. The van der Waals surface area contributed by atoms with E-state index in [1.165, 1.54) is 4.90 Å². The minimum Gasteiger partial charge on any atom is -0.480 e. The van der Waals surface area contributed by atoms with Crippen molar-refractivity contribution in [2.75, 3.05) is 6.61 Å². The third-order valence-electron chi connectivity index (χ3n) is 2.75. The second-order valence-electron chi connectivity index (χ2n) is 5.42. The molecule has 3 atom stereocenters. The van der Waals surface area contributed by atoms with Crippen molar-refractivity contribution in [2.45, 2.75) is 51.0 Å². The van der Waals surface area contributed by atoms with E-state index in [0.29, 0.717) is 6.42 Å². The molecule has 2 fully saturated rings. The number of ether oxygens (including phenoxy) is 2. The number of carboxylic acids is 1. The van der Waals surface area contributed by atoms with Gasteiger partial charge in [-0.15, -0.1) is 0 Å². The van der Waals surface area contributed by atoms with Crippen LogP contribution in [-0.2, 0) is 14.3 Å². The Morgan fingerprint density at radius 2 is 2.06 bits per heavy atom. The molecule has 1 N–H and O–H groups in total. The molecule has 2 aliphatic rings. The highest BCUT2D eigenvalue weighted by atomic mass is 16.6. The fourth-order valence-corrected chi connectivity index (χ4v) is 1.92. The number of aliphatic carboxylic acids is 1. The Morgan fingerprint density at radius 1 is 1.41 bits per heavy atom. The van der Waals surface area contributed by atoms with Crippen molar-refractivity contribution in [3.05, 3.63) is 0 Å². The van der Waals surface area contributed by atoms with E-state index >= 15 is 0 Å². The van der Waals surface area contributed by atoms with Crippen molar-refractivity contribution in [2.24, 2.45) is 0 Å². The molecule has 0 spiro atoms. The van der Waals surface area contributed by atoms with Crippen LogP contribution in [0.5, 0.6) is 0 Å². The minimum atomic E-state index is -1.05. The van der Waals surface area contributed by atoms with Gasteiger partial charge in [-0.1, -0.05) is 0 Å². The molecule has 2 rings (SSSR count). The lowest BCUT2D eigenvalue weighted by molar-refractivity contribution is -0.149. The summed E-state index contributed by atoms with van der Waals surface area (Å²) >= 11 is 0. The molecular weight excluding hydrogens is 226 g/mol. The Bertz CT molecular complexity index is 348. The molecular formula is C11H17NO5. The average molecular weight is 243 g/mol. The van der Waals surface area contributed by atoms with Crippen molar-refractivity contribution >= 4 is 12.1 Å². The summed E-state index contributed by atoms with van der Waals surface area (Å²) in [6, 6.07) is -1.08. The van der Waals surface area contributed by atoms with E-state index in [4.69, 9.17) is 14.6 Å². The normalized spacial score (nSPS) is 31.7. The average Bonchev–Trinajstić information content (AvgIpc) is 2.90. The van der Waals surface area contributed by atoms with Crippen molar-refractivity contribution in [3.63, 3.8) is 0 Å². The molecule has 1 saturated heterocycles. The van der Waals surface area contributed by atoms with Gasteiger partial charge in [0, 0.05) is 0 Å². The van der Waals surface area contributed by atoms with E-state index in [2.05, 4.69) is 0 Å². The van der Waals surface area contributed by atoms with Crippen LogP contribution in [0.15, 0.2) is 0 Å². The first-order chi connectivity index (χ1) is 7.79. The first kappa shape index (κ1) is 12.2. The number of morpholine rings is 1. The van der Waals surface area contributed by atoms with Gasteiger partial charge in [0.15, 0.2) is 6.04 Å². The zero-order chi connectivity index (χ0) is 12.8. The molecule has 0 radical (unpaired) electrons. The van der Waals surface area contributed by atoms with Gasteiger partial charge in [0.05, 0.1) is 18.8 Å². The molecule has 1 aliphatic carbocycles. The summed E-state index contributed by atoms with van der Waals surface area (Å²) in [5, 5.41) is 9.06. The summed E-state index contributed by atoms with van der Waals surface area (Å²) in [5.74, 6) is -1.05. The van der Waals surface area contributed by atoms with Crippen LogP contribution < -0.4 is 0 Å². The molecule has 0 bridgehead atoms. The van der Waals surface area contributed by atoms with E-state index in [1.807, 2.05) is 0 Å². The van der Waals surface area contributed by atoms with Crippen LogP contribution in [0.25, 0.3) is 0 Å². The molecule has 3 unspecified atom stereocenters. The monoisotopic (exact) mass is 243 g/mol. The number of rotatable bonds is 1. The Balaban J connectivity index is 2.10. The van der Waals surface area contributed by atoms with Gasteiger partial charge >= 0.3 is 12.1 Å². The molecule has 6 heteroatoms. The fourth-order valence-electron chi connectivity index (χ4n) is 1.92. The molecule has 6 nitrogen and oxygen atoms in total. The van der Waals surface area contributed by atoms with Gasteiger partial charge in [0.2, 0.25) is 0 Å². The molecule has 96 valence electrons. The Kier molecular flexibility index (Phi) is 2.77. The lowest BCUT2D eigenvalue weighted by Gasteiger charge is -2.34. The molecule has 1 amide bonds. The van der Waals surface area contributed by atoms with Gasteiger partial charge in [-0.25, -0.2) is 9.59 Å². The van der Waals surface area contributed by atoms with E-state index < -0.39 is 23.7 Å². The highest BCUT2D eigenvalue weighted by Crippen LogP contribution is 2.37. The van der Waals surface area contributed by atoms with Gasteiger partial charge in [-0.2, -0.15) is 0 Å². The lowest BCUT2D eigenvalue weighted by atomic mass is 10.2. The zero-order valence-corrected chi connectivity index (χ0v) is 10.2. The van der Waals surface area contributed by atoms with Crippen LogP contribution in [0.3, 0.4) is 0 Å². The minimum absolute atomic E-state index is 0.0156. The quantitative estimate of drug-likeness (QED) is 0.738. The number of hydrogen-bond acceptors (Lipinski definition) is 4. The third-order valence-corrected chi connectivity index (χ3v) is 2.75. The largest absolute Gasteiger partial charge is 0.480 e. The third kappa shape index (κ3) is 2.52. The van der Waals surface area contributed by atoms with Crippen LogP contribution in [0.2, 0.25) is 0 Å². The predicted octanol–water partition coefficient (Wildman–Crippen LogP) is 0.848. The standard InChI is InChI=1S/C11H17NO5/c1-11(2,3)17-10(15)12-6-4-8(6)16-5-7(12)9(13)14/h6-8H,4-5H2,1-3H3,(H,13,14). The zero-order valence-electron chi connectivity index (χ0n) is 10.2. The SMILES string of the molecule is CC(C)(C)OC(=O)N1C(C(=O)O)COC2CC21. The van der Waals surface area contributed by atoms with E-state index in [9.17, 15) is 9.59 Å². The van der Waals surface area contributed by atoms with Crippen molar-refractivity contribution in [1.29, 1.82) is 0 Å². The topological polar surface area (TPSA) is 76.1 Å². The van der Waals surface area contributed by atoms with Crippen molar-refractivity contribution in [1.82, 2.24) is 4.90 Å². The fraction of sp³-hybridized carbons (Fsp3) is 0.818. The summed E-state index contributed by atoms with van der Waals surface area (Å²) in [5.41, 5.74) is -0.622. The molecule has 17 heavy (non-hydrogen) atoms. The maximum atomic E-state index is 12.0. The molecule has 0 aromatic heterocycles. The van der Waals surface area contributed by atoms with Gasteiger partial charge in [0.1, 0.15) is 5.60 Å². The van der Waals surface area contributed by atoms with Crippen molar-refractivity contribution in [3.8, 4) is 0 Å². The van der Waals surface area contributed by atoms with Gasteiger partial charge < -0.3 is 14.6 Å². The highest BCUT2D eigenvalue weighted by Gasteiger charge is 2.54. The van der Waals surface area contributed by atoms with Gasteiger partial charge in [-0.3, -0.25) is 4.90 Å². The van der Waals surface area contributed by atoms with Crippen LogP contribution in [0.1, 0.15) is 27.2 Å². The smallest absolute Gasteiger partial charge is 0.411 e. The number of hydrogen-bond donors (Lipinski definition) is 1. The number of carboxylic acid groups (broad SMARTS) is 1. The summed E-state index contributed by atoms with van der Waals surface area (Å²) in [6.07, 6.45) is 0.113. The predicted molar refractivity (Wildman–Crippen MR) is 57.6 cm³/mol. The first-order valence-corrected chi connectivity index (χ1v) is 5.65. The lowest BCUT2D eigenvalue weighted by Crippen LogP contribution is -2.54.